The van der Waals surface area contributed by atoms with E-state index >= 15 is 0 Å². The van der Waals surface area contributed by atoms with Crippen molar-refractivity contribution in [2.24, 2.45) is 0 Å². The van der Waals surface area contributed by atoms with Crippen molar-refractivity contribution >= 4 is 49.7 Å². The number of nitrogen functional groups attached to an aromatic ring is 1. The van der Waals surface area contributed by atoms with Gasteiger partial charge in [-0.15, -0.1) is 0 Å². The molecule has 2 rings (SSSR count). The molecule has 1 unspecified atom stereocenters. The molecule has 0 heterocycles. The second-order valence-electron chi connectivity index (χ2n) is 4.20. The monoisotopic (exact) mass is 388 g/mol. The van der Waals surface area contributed by atoms with Gasteiger partial charge in [-0.25, -0.2) is 0 Å². The third kappa shape index (κ3) is 3.81. The number of halogens is 2. The number of rotatable bonds is 4. The predicted molar refractivity (Wildman–Crippen MR) is 86.8 cm³/mol. The number of nitro benzene ring substituents is 1. The van der Waals surface area contributed by atoms with E-state index in [0.29, 0.717) is 25.6 Å². The van der Waals surface area contributed by atoms with Crippen molar-refractivity contribution in [2.75, 3.05) is 5.73 Å². The molecule has 0 saturated carbocycles. The Bertz CT molecular complexity index is 739. The highest BCUT2D eigenvalue weighted by Crippen LogP contribution is 2.28. The lowest BCUT2D eigenvalue weighted by Crippen LogP contribution is -2.03. The fraction of sp³-hybridized carbons (Fsp3) is 0.0769. The molecule has 0 aromatic heterocycles. The van der Waals surface area contributed by atoms with Crippen LogP contribution in [0.4, 0.5) is 11.4 Å². The fourth-order valence-corrected chi connectivity index (χ4v) is 3.61. The van der Waals surface area contributed by atoms with Crippen LogP contribution in [0.1, 0.15) is 5.56 Å². The topological polar surface area (TPSA) is 86.2 Å². The van der Waals surface area contributed by atoms with Crippen LogP contribution in [0.15, 0.2) is 45.8 Å². The predicted octanol–water partition coefficient (Wildman–Crippen LogP) is 3.90. The van der Waals surface area contributed by atoms with Gasteiger partial charge in [0.05, 0.1) is 26.4 Å². The second kappa shape index (κ2) is 6.55. The fourth-order valence-electron chi connectivity index (χ4n) is 1.75. The van der Waals surface area contributed by atoms with Gasteiger partial charge in [-0.2, -0.15) is 0 Å². The summed E-state index contributed by atoms with van der Waals surface area (Å²) in [5.41, 5.74) is 6.41. The molecule has 0 fully saturated rings. The molecule has 5 nitrogen and oxygen atoms in total. The van der Waals surface area contributed by atoms with Gasteiger partial charge < -0.3 is 5.73 Å². The average Bonchev–Trinajstić information content (AvgIpc) is 2.43. The number of nitrogens with two attached hydrogens (primary N) is 1. The minimum atomic E-state index is -1.52. The summed E-state index contributed by atoms with van der Waals surface area (Å²) in [5, 5.41) is 11.5. The molecule has 0 aliphatic carbocycles. The maximum absolute atomic E-state index is 12.4. The van der Waals surface area contributed by atoms with Gasteiger partial charge in [0.15, 0.2) is 0 Å². The Labute approximate surface area is 136 Å². The van der Waals surface area contributed by atoms with Gasteiger partial charge in [0.2, 0.25) is 0 Å². The molecule has 2 aromatic carbocycles. The molecule has 2 aromatic rings. The zero-order valence-corrected chi connectivity index (χ0v) is 13.7. The SMILES string of the molecule is Nc1ccc(Cl)cc1S(=O)Cc1ccc(Br)cc1[N+](=O)[O-]. The van der Waals surface area contributed by atoms with Crippen molar-refractivity contribution < 1.29 is 9.13 Å². The minimum Gasteiger partial charge on any atom is -0.398 e. The Morgan fingerprint density at radius 3 is 2.67 bits per heavy atom. The molecule has 21 heavy (non-hydrogen) atoms. The van der Waals surface area contributed by atoms with E-state index < -0.39 is 15.7 Å². The highest BCUT2D eigenvalue weighted by molar-refractivity contribution is 9.10. The zero-order chi connectivity index (χ0) is 15.6. The van der Waals surface area contributed by atoms with E-state index in [0.717, 1.165) is 0 Å². The summed E-state index contributed by atoms with van der Waals surface area (Å²) in [6.45, 7) is 0. The van der Waals surface area contributed by atoms with Crippen molar-refractivity contribution in [1.82, 2.24) is 0 Å². The summed E-state index contributed by atoms with van der Waals surface area (Å²) < 4.78 is 13.0. The molecule has 0 saturated heterocycles. The van der Waals surface area contributed by atoms with Crippen LogP contribution in [0.2, 0.25) is 5.02 Å². The van der Waals surface area contributed by atoms with E-state index in [1.807, 2.05) is 0 Å². The Balaban J connectivity index is 2.36. The van der Waals surface area contributed by atoms with Gasteiger partial charge in [0, 0.05) is 26.8 Å². The normalized spacial score (nSPS) is 12.1. The summed E-state index contributed by atoms with van der Waals surface area (Å²) in [5.74, 6) is -0.00582. The van der Waals surface area contributed by atoms with Gasteiger partial charge in [-0.05, 0) is 24.3 Å². The smallest absolute Gasteiger partial charge is 0.274 e. The lowest BCUT2D eigenvalue weighted by Gasteiger charge is -2.07. The van der Waals surface area contributed by atoms with E-state index in [-0.39, 0.29) is 11.4 Å². The second-order valence-corrected chi connectivity index (χ2v) is 6.97. The Morgan fingerprint density at radius 2 is 2.00 bits per heavy atom. The minimum absolute atomic E-state index is 0.00582. The average molecular weight is 390 g/mol. The summed E-state index contributed by atoms with van der Waals surface area (Å²) >= 11 is 9.04. The Kier molecular flexibility index (Phi) is 4.97. The van der Waals surface area contributed by atoms with Gasteiger partial charge >= 0.3 is 0 Å². The van der Waals surface area contributed by atoms with Gasteiger partial charge in [-0.1, -0.05) is 33.6 Å². The molecule has 0 aliphatic rings. The van der Waals surface area contributed by atoms with Gasteiger partial charge in [0.25, 0.3) is 5.69 Å². The number of hydrogen-bond donors (Lipinski definition) is 1. The Morgan fingerprint density at radius 1 is 1.29 bits per heavy atom. The van der Waals surface area contributed by atoms with Crippen molar-refractivity contribution in [1.29, 1.82) is 0 Å². The number of nitro groups is 1. The summed E-state index contributed by atoms with van der Waals surface area (Å²) in [4.78, 5) is 10.9. The molecular weight excluding hydrogens is 380 g/mol. The molecule has 0 aliphatic heterocycles. The molecule has 1 atom stereocenters. The largest absolute Gasteiger partial charge is 0.398 e. The molecule has 0 bridgehead atoms. The van der Waals surface area contributed by atoms with Crippen LogP contribution in [-0.2, 0) is 16.6 Å². The molecule has 0 amide bonds. The number of benzene rings is 2. The first-order valence-electron chi connectivity index (χ1n) is 5.74. The van der Waals surface area contributed by atoms with Crippen LogP contribution < -0.4 is 5.73 Å². The van der Waals surface area contributed by atoms with Gasteiger partial charge in [-0.3, -0.25) is 14.3 Å². The maximum Gasteiger partial charge on any atom is 0.274 e. The number of anilines is 1. The maximum atomic E-state index is 12.4. The lowest BCUT2D eigenvalue weighted by atomic mass is 10.2. The third-order valence-corrected chi connectivity index (χ3v) is 4.90. The van der Waals surface area contributed by atoms with E-state index in [2.05, 4.69) is 15.9 Å². The summed E-state index contributed by atoms with van der Waals surface area (Å²) in [6.07, 6.45) is 0. The van der Waals surface area contributed by atoms with Crippen LogP contribution in [0, 0.1) is 10.1 Å². The molecule has 110 valence electrons. The van der Waals surface area contributed by atoms with Crippen LogP contribution in [0.25, 0.3) is 0 Å². The first-order valence-corrected chi connectivity index (χ1v) is 8.23. The van der Waals surface area contributed by atoms with Crippen molar-refractivity contribution in [3.63, 3.8) is 0 Å². The van der Waals surface area contributed by atoms with Crippen molar-refractivity contribution in [2.45, 2.75) is 10.6 Å². The molecule has 2 N–H and O–H groups in total. The quantitative estimate of drug-likeness (QED) is 0.488. The highest BCUT2D eigenvalue weighted by Gasteiger charge is 2.18. The third-order valence-electron chi connectivity index (χ3n) is 2.75. The molecule has 0 spiro atoms. The van der Waals surface area contributed by atoms with Gasteiger partial charge in [0.1, 0.15) is 0 Å². The van der Waals surface area contributed by atoms with E-state index in [4.69, 9.17) is 17.3 Å². The first kappa shape index (κ1) is 15.9. The summed E-state index contributed by atoms with van der Waals surface area (Å²) in [7, 11) is -1.52. The van der Waals surface area contributed by atoms with E-state index in [9.17, 15) is 14.3 Å². The van der Waals surface area contributed by atoms with E-state index in [1.165, 1.54) is 12.1 Å². The Hall–Kier alpha value is -1.44. The summed E-state index contributed by atoms with van der Waals surface area (Å²) in [6, 6.07) is 9.29. The van der Waals surface area contributed by atoms with Crippen LogP contribution in [-0.4, -0.2) is 9.13 Å². The molecule has 8 heteroatoms. The molecule has 0 radical (unpaired) electrons. The lowest BCUT2D eigenvalue weighted by molar-refractivity contribution is -0.385. The highest BCUT2D eigenvalue weighted by atomic mass is 79.9. The van der Waals surface area contributed by atoms with Crippen LogP contribution in [0.3, 0.4) is 0 Å². The van der Waals surface area contributed by atoms with E-state index in [1.54, 1.807) is 24.3 Å². The van der Waals surface area contributed by atoms with Crippen molar-refractivity contribution in [3.8, 4) is 0 Å². The van der Waals surface area contributed by atoms with Crippen LogP contribution >= 0.6 is 27.5 Å². The number of hydrogen-bond acceptors (Lipinski definition) is 4. The zero-order valence-electron chi connectivity index (χ0n) is 10.6. The standard InChI is InChI=1S/C13H10BrClN2O3S/c14-9-2-1-8(12(5-9)17(18)19)7-21(20)13-6-10(15)3-4-11(13)16/h1-6H,7,16H2. The van der Waals surface area contributed by atoms with Crippen LogP contribution in [0.5, 0.6) is 0 Å². The first-order chi connectivity index (χ1) is 9.88. The number of nitrogens with zero attached hydrogens (tertiary/aromatic N) is 1. The van der Waals surface area contributed by atoms with Crippen molar-refractivity contribution in [3.05, 3.63) is 61.6 Å². The molecular formula is C13H10BrClN2O3S.